The standard InChI is InChI=1S/C11H10FN3O3S2/c1-6(16)10-5-19-11(14-10)15-20(17,18)9-3-7(12)2-8(13)4-9/h2-5H,13H2,1H3,(H,14,15). The van der Waals surface area contributed by atoms with Crippen molar-refractivity contribution in [3.05, 3.63) is 35.1 Å². The van der Waals surface area contributed by atoms with E-state index < -0.39 is 15.8 Å². The summed E-state index contributed by atoms with van der Waals surface area (Å²) in [4.78, 5) is 14.6. The molecular weight excluding hydrogens is 305 g/mol. The third-order valence-corrected chi connectivity index (χ3v) is 4.50. The predicted molar refractivity (Wildman–Crippen MR) is 73.7 cm³/mol. The van der Waals surface area contributed by atoms with Crippen LogP contribution >= 0.6 is 11.3 Å². The van der Waals surface area contributed by atoms with E-state index in [0.717, 1.165) is 29.5 Å². The van der Waals surface area contributed by atoms with Crippen molar-refractivity contribution in [3.63, 3.8) is 0 Å². The number of nitrogens with one attached hydrogen (secondary N) is 1. The highest BCUT2D eigenvalue weighted by molar-refractivity contribution is 7.93. The normalized spacial score (nSPS) is 11.3. The van der Waals surface area contributed by atoms with Crippen molar-refractivity contribution in [2.75, 3.05) is 10.5 Å². The van der Waals surface area contributed by atoms with Gasteiger partial charge >= 0.3 is 0 Å². The first-order chi connectivity index (χ1) is 9.28. The molecule has 0 spiro atoms. The molecule has 6 nitrogen and oxygen atoms in total. The van der Waals surface area contributed by atoms with E-state index in [0.29, 0.717) is 0 Å². The summed E-state index contributed by atoms with van der Waals surface area (Å²) in [5.41, 5.74) is 5.56. The van der Waals surface area contributed by atoms with Crippen molar-refractivity contribution >= 4 is 38.0 Å². The molecular formula is C11H10FN3O3S2. The molecule has 0 aliphatic rings. The number of halogens is 1. The summed E-state index contributed by atoms with van der Waals surface area (Å²) >= 11 is 0.961. The SMILES string of the molecule is CC(=O)c1csc(NS(=O)(=O)c2cc(N)cc(F)c2)n1. The highest BCUT2D eigenvalue weighted by Crippen LogP contribution is 2.22. The Morgan fingerprint density at radius 3 is 2.65 bits per heavy atom. The molecule has 0 bridgehead atoms. The van der Waals surface area contributed by atoms with Gasteiger partial charge in [0.25, 0.3) is 10.0 Å². The summed E-state index contributed by atoms with van der Waals surface area (Å²) in [6, 6.07) is 2.99. The Bertz CT molecular complexity index is 751. The fourth-order valence-corrected chi connectivity index (χ4v) is 3.46. The minimum absolute atomic E-state index is 0.00561. The molecule has 2 aromatic rings. The maximum Gasteiger partial charge on any atom is 0.263 e. The molecule has 2 rings (SSSR count). The Morgan fingerprint density at radius 1 is 1.40 bits per heavy atom. The first-order valence-corrected chi connectivity index (χ1v) is 7.69. The zero-order valence-corrected chi connectivity index (χ0v) is 11.9. The van der Waals surface area contributed by atoms with Crippen molar-refractivity contribution in [2.24, 2.45) is 0 Å². The van der Waals surface area contributed by atoms with E-state index in [9.17, 15) is 17.6 Å². The second kappa shape index (κ2) is 5.17. The number of hydrogen-bond donors (Lipinski definition) is 2. The maximum absolute atomic E-state index is 13.2. The summed E-state index contributed by atoms with van der Waals surface area (Å²) in [6.07, 6.45) is 0. The topological polar surface area (TPSA) is 102 Å². The number of rotatable bonds is 4. The van der Waals surface area contributed by atoms with Crippen LogP contribution in [0.15, 0.2) is 28.5 Å². The van der Waals surface area contributed by atoms with Crippen LogP contribution in [0.2, 0.25) is 0 Å². The van der Waals surface area contributed by atoms with E-state index in [1.165, 1.54) is 12.3 Å². The van der Waals surface area contributed by atoms with Gasteiger partial charge in [-0.15, -0.1) is 11.3 Å². The molecule has 0 radical (unpaired) electrons. The summed E-state index contributed by atoms with van der Waals surface area (Å²) in [5, 5.41) is 1.46. The van der Waals surface area contributed by atoms with Crippen LogP contribution in [0.1, 0.15) is 17.4 Å². The lowest BCUT2D eigenvalue weighted by Crippen LogP contribution is -2.13. The minimum atomic E-state index is -4.00. The highest BCUT2D eigenvalue weighted by Gasteiger charge is 2.18. The van der Waals surface area contributed by atoms with Gasteiger partial charge in [-0.1, -0.05) is 0 Å². The van der Waals surface area contributed by atoms with Gasteiger partial charge in [-0.2, -0.15) is 0 Å². The maximum atomic E-state index is 13.2. The zero-order chi connectivity index (χ0) is 14.9. The monoisotopic (exact) mass is 315 g/mol. The zero-order valence-electron chi connectivity index (χ0n) is 10.3. The van der Waals surface area contributed by atoms with E-state index in [-0.39, 0.29) is 27.2 Å². The molecule has 0 aliphatic carbocycles. The average Bonchev–Trinajstić information content (AvgIpc) is 2.75. The van der Waals surface area contributed by atoms with Gasteiger partial charge in [0.05, 0.1) is 4.90 Å². The smallest absolute Gasteiger partial charge is 0.263 e. The molecule has 1 aromatic carbocycles. The van der Waals surface area contributed by atoms with Crippen LogP contribution in [0.3, 0.4) is 0 Å². The highest BCUT2D eigenvalue weighted by atomic mass is 32.2. The first-order valence-electron chi connectivity index (χ1n) is 5.33. The van der Waals surface area contributed by atoms with Gasteiger partial charge in [0, 0.05) is 18.0 Å². The van der Waals surface area contributed by atoms with Gasteiger partial charge in [-0.25, -0.2) is 17.8 Å². The fourth-order valence-electron chi connectivity index (χ4n) is 1.40. The minimum Gasteiger partial charge on any atom is -0.399 e. The van der Waals surface area contributed by atoms with E-state index in [1.807, 2.05) is 0 Å². The number of carbonyl (C=O) groups is 1. The predicted octanol–water partition coefficient (Wildman–Crippen LogP) is 1.87. The Labute approximate surface area is 118 Å². The van der Waals surface area contributed by atoms with Crippen LogP contribution < -0.4 is 10.5 Å². The number of nitrogens with two attached hydrogens (primary N) is 1. The van der Waals surface area contributed by atoms with Crippen LogP contribution in [0.25, 0.3) is 0 Å². The Hall–Kier alpha value is -2.00. The number of nitrogens with zero attached hydrogens (tertiary/aromatic N) is 1. The molecule has 1 aromatic heterocycles. The summed E-state index contributed by atoms with van der Waals surface area (Å²) in [6.45, 7) is 1.32. The second-order valence-electron chi connectivity index (χ2n) is 3.92. The van der Waals surface area contributed by atoms with Gasteiger partial charge in [0.2, 0.25) is 0 Å². The quantitative estimate of drug-likeness (QED) is 0.662. The number of ketones is 1. The van der Waals surface area contributed by atoms with Crippen LogP contribution in [0.4, 0.5) is 15.2 Å². The molecule has 0 saturated carbocycles. The number of hydrogen-bond acceptors (Lipinski definition) is 6. The molecule has 9 heteroatoms. The Balaban J connectivity index is 2.32. The van der Waals surface area contributed by atoms with Crippen molar-refractivity contribution in [1.82, 2.24) is 4.98 Å². The fraction of sp³-hybridized carbons (Fsp3) is 0.0909. The molecule has 1 heterocycles. The summed E-state index contributed by atoms with van der Waals surface area (Å²) < 4.78 is 39.4. The number of sulfonamides is 1. The van der Waals surface area contributed by atoms with Gasteiger partial charge in [0.1, 0.15) is 11.5 Å². The molecule has 20 heavy (non-hydrogen) atoms. The van der Waals surface area contributed by atoms with Crippen LogP contribution in [0, 0.1) is 5.82 Å². The molecule has 0 unspecified atom stereocenters. The number of thiazole rings is 1. The van der Waals surface area contributed by atoms with Crippen LogP contribution in [-0.4, -0.2) is 19.2 Å². The molecule has 0 saturated heterocycles. The molecule has 0 fully saturated rings. The number of nitrogen functional groups attached to an aromatic ring is 1. The Morgan fingerprint density at radius 2 is 2.10 bits per heavy atom. The van der Waals surface area contributed by atoms with Crippen LogP contribution in [-0.2, 0) is 10.0 Å². The Kier molecular flexibility index (Phi) is 3.73. The lowest BCUT2D eigenvalue weighted by atomic mass is 10.3. The van der Waals surface area contributed by atoms with Crippen molar-refractivity contribution in [2.45, 2.75) is 11.8 Å². The molecule has 106 valence electrons. The van der Waals surface area contributed by atoms with Gasteiger partial charge in [0.15, 0.2) is 10.9 Å². The molecule has 0 amide bonds. The molecule has 0 atom stereocenters. The third kappa shape index (κ3) is 3.11. The van der Waals surface area contributed by atoms with Gasteiger partial charge < -0.3 is 5.73 Å². The number of Topliss-reactive ketones (excluding diaryl/α,β-unsaturated/α-hetero) is 1. The summed E-state index contributed by atoms with van der Waals surface area (Å²) in [5.74, 6) is -1.03. The largest absolute Gasteiger partial charge is 0.399 e. The van der Waals surface area contributed by atoms with E-state index >= 15 is 0 Å². The van der Waals surface area contributed by atoms with E-state index in [2.05, 4.69) is 9.71 Å². The lowest BCUT2D eigenvalue weighted by Gasteiger charge is -2.06. The lowest BCUT2D eigenvalue weighted by molar-refractivity contribution is 0.101. The van der Waals surface area contributed by atoms with Crippen LogP contribution in [0.5, 0.6) is 0 Å². The molecule has 3 N–H and O–H groups in total. The number of benzene rings is 1. The average molecular weight is 315 g/mol. The number of anilines is 2. The molecule has 0 aliphatic heterocycles. The first kappa shape index (κ1) is 14.4. The number of aromatic nitrogens is 1. The van der Waals surface area contributed by atoms with E-state index in [1.54, 1.807) is 0 Å². The van der Waals surface area contributed by atoms with Crippen molar-refractivity contribution in [1.29, 1.82) is 0 Å². The number of carbonyl (C=O) groups excluding carboxylic acids is 1. The van der Waals surface area contributed by atoms with Gasteiger partial charge in [-0.3, -0.25) is 9.52 Å². The van der Waals surface area contributed by atoms with E-state index in [4.69, 9.17) is 5.73 Å². The van der Waals surface area contributed by atoms with Gasteiger partial charge in [-0.05, 0) is 18.2 Å². The van der Waals surface area contributed by atoms with Crippen molar-refractivity contribution in [3.8, 4) is 0 Å². The summed E-state index contributed by atoms with van der Waals surface area (Å²) in [7, 11) is -4.00. The second-order valence-corrected chi connectivity index (χ2v) is 6.46. The van der Waals surface area contributed by atoms with Crippen molar-refractivity contribution < 1.29 is 17.6 Å². The third-order valence-electron chi connectivity index (χ3n) is 2.29.